The predicted octanol–water partition coefficient (Wildman–Crippen LogP) is 1.07. The summed E-state index contributed by atoms with van der Waals surface area (Å²) in [4.78, 5) is 9.61. The summed E-state index contributed by atoms with van der Waals surface area (Å²) in [7, 11) is 0. The van der Waals surface area contributed by atoms with E-state index in [1.807, 2.05) is 0 Å². The van der Waals surface area contributed by atoms with Gasteiger partial charge >= 0.3 is 24.2 Å². The fourth-order valence-corrected chi connectivity index (χ4v) is 0.464. The highest BCUT2D eigenvalue weighted by Gasteiger charge is 2.72. The number of alkyl halides is 6. The van der Waals surface area contributed by atoms with E-state index in [9.17, 15) is 31.1 Å². The first kappa shape index (κ1) is 12.8. The molecule has 10 heteroatoms. The van der Waals surface area contributed by atoms with Gasteiger partial charge in [0.05, 0.1) is 0 Å². The highest BCUT2D eigenvalue weighted by molar-refractivity contribution is 5.65. The Balaban J connectivity index is 5.18. The van der Waals surface area contributed by atoms with E-state index < -0.39 is 24.2 Å². The maximum Gasteiger partial charge on any atom is 0.451 e. The van der Waals surface area contributed by atoms with E-state index in [1.54, 1.807) is 0 Å². The van der Waals surface area contributed by atoms with Gasteiger partial charge in [-0.2, -0.15) is 26.3 Å². The van der Waals surface area contributed by atoms with Crippen LogP contribution < -0.4 is 5.32 Å². The molecule has 0 saturated heterocycles. The predicted molar refractivity (Wildman–Crippen MR) is 28.2 cm³/mol. The Labute approximate surface area is 72.1 Å². The van der Waals surface area contributed by atoms with Crippen LogP contribution >= 0.6 is 0 Å². The quantitative estimate of drug-likeness (QED) is 0.488. The second kappa shape index (κ2) is 3.19. The molecule has 0 aliphatic rings. The molecule has 0 aliphatic heterocycles. The Morgan fingerprint density at radius 2 is 1.43 bits per heavy atom. The summed E-state index contributed by atoms with van der Waals surface area (Å²) < 4.78 is 70.8. The minimum absolute atomic E-state index is 0.139. The van der Waals surface area contributed by atoms with Crippen molar-refractivity contribution in [3.05, 3.63) is 0 Å². The standard InChI is InChI=1S/C4H3F6NO3/c5-2(3(6,7)8,4(9,10)14)11-1(12)13/h11,14H,(H,12,13). The third-order valence-corrected chi connectivity index (χ3v) is 1.08. The molecule has 0 spiro atoms. The van der Waals surface area contributed by atoms with Crippen LogP contribution in [0.4, 0.5) is 31.1 Å². The molecular formula is C4H3F6NO3. The van der Waals surface area contributed by atoms with Gasteiger partial charge in [-0.15, -0.1) is 0 Å². The average Bonchev–Trinajstić information content (AvgIpc) is 1.79. The van der Waals surface area contributed by atoms with Crippen LogP contribution in [0, 0.1) is 0 Å². The normalized spacial score (nSPS) is 17.4. The molecule has 0 fully saturated rings. The van der Waals surface area contributed by atoms with Gasteiger partial charge in [0.1, 0.15) is 0 Å². The summed E-state index contributed by atoms with van der Waals surface area (Å²) in [6, 6.07) is 0. The third-order valence-electron chi connectivity index (χ3n) is 1.08. The SMILES string of the molecule is O=C(O)NC(F)(C(O)(F)F)C(F)(F)F. The Morgan fingerprint density at radius 3 is 1.50 bits per heavy atom. The average molecular weight is 227 g/mol. The van der Waals surface area contributed by atoms with Crippen LogP contribution in [-0.4, -0.2) is 34.4 Å². The molecule has 1 amide bonds. The summed E-state index contributed by atoms with van der Waals surface area (Å²) in [6.45, 7) is 0. The number of rotatable bonds is 2. The molecule has 0 radical (unpaired) electrons. The Kier molecular flexibility index (Phi) is 2.92. The molecule has 0 aromatic carbocycles. The first-order valence-corrected chi connectivity index (χ1v) is 2.79. The van der Waals surface area contributed by atoms with Crippen LogP contribution in [0.5, 0.6) is 0 Å². The van der Waals surface area contributed by atoms with Crippen molar-refractivity contribution in [2.75, 3.05) is 0 Å². The van der Waals surface area contributed by atoms with Crippen molar-refractivity contribution in [3.8, 4) is 0 Å². The number of amides is 1. The third kappa shape index (κ3) is 2.19. The molecule has 0 heterocycles. The van der Waals surface area contributed by atoms with E-state index in [1.165, 1.54) is 0 Å². The smallest absolute Gasteiger partial charge is 0.451 e. The van der Waals surface area contributed by atoms with Crippen LogP contribution in [0.2, 0.25) is 0 Å². The zero-order chi connectivity index (χ0) is 11.8. The van der Waals surface area contributed by atoms with Crippen LogP contribution in [0.3, 0.4) is 0 Å². The molecule has 84 valence electrons. The van der Waals surface area contributed by atoms with E-state index in [-0.39, 0.29) is 5.32 Å². The Morgan fingerprint density at radius 1 is 1.07 bits per heavy atom. The molecule has 0 rings (SSSR count). The lowest BCUT2D eigenvalue weighted by Gasteiger charge is -2.30. The number of carbonyl (C=O) groups is 1. The molecule has 14 heavy (non-hydrogen) atoms. The van der Waals surface area contributed by atoms with Gasteiger partial charge in [-0.1, -0.05) is 0 Å². The molecule has 1 unspecified atom stereocenters. The van der Waals surface area contributed by atoms with E-state index in [4.69, 9.17) is 10.2 Å². The summed E-state index contributed by atoms with van der Waals surface area (Å²) in [5.41, 5.74) is 0. The van der Waals surface area contributed by atoms with Crippen molar-refractivity contribution in [2.45, 2.75) is 18.1 Å². The van der Waals surface area contributed by atoms with Crippen molar-refractivity contribution in [1.29, 1.82) is 0 Å². The van der Waals surface area contributed by atoms with Crippen molar-refractivity contribution in [1.82, 2.24) is 5.32 Å². The number of nitrogens with one attached hydrogen (secondary N) is 1. The van der Waals surface area contributed by atoms with Gasteiger partial charge in [0.25, 0.3) is 0 Å². The Bertz CT molecular complexity index is 218. The minimum Gasteiger partial charge on any atom is -0.465 e. The van der Waals surface area contributed by atoms with Crippen molar-refractivity contribution < 1.29 is 41.4 Å². The minimum atomic E-state index is -6.29. The van der Waals surface area contributed by atoms with E-state index in [0.717, 1.165) is 0 Å². The second-order valence-electron chi connectivity index (χ2n) is 2.13. The maximum absolute atomic E-state index is 12.4. The van der Waals surface area contributed by atoms with E-state index in [0.29, 0.717) is 0 Å². The lowest BCUT2D eigenvalue weighted by Crippen LogP contribution is -2.65. The molecule has 4 nitrogen and oxygen atoms in total. The number of aliphatic hydroxyl groups is 1. The largest absolute Gasteiger partial charge is 0.465 e. The second-order valence-corrected chi connectivity index (χ2v) is 2.13. The van der Waals surface area contributed by atoms with Gasteiger partial charge in [0.2, 0.25) is 0 Å². The van der Waals surface area contributed by atoms with E-state index >= 15 is 0 Å². The monoisotopic (exact) mass is 227 g/mol. The molecule has 1 atom stereocenters. The number of hydrogen-bond donors (Lipinski definition) is 3. The number of carboxylic acid groups (broad SMARTS) is 1. The molecule has 0 saturated carbocycles. The molecular weight excluding hydrogens is 224 g/mol. The van der Waals surface area contributed by atoms with Crippen LogP contribution in [-0.2, 0) is 0 Å². The lowest BCUT2D eigenvalue weighted by atomic mass is 10.2. The number of hydrogen-bond acceptors (Lipinski definition) is 2. The molecule has 0 aromatic heterocycles. The molecule has 0 aromatic rings. The highest BCUT2D eigenvalue weighted by atomic mass is 19.4. The van der Waals surface area contributed by atoms with Gasteiger partial charge in [0.15, 0.2) is 0 Å². The van der Waals surface area contributed by atoms with Crippen LogP contribution in [0.1, 0.15) is 0 Å². The fraction of sp³-hybridized carbons (Fsp3) is 0.750. The summed E-state index contributed by atoms with van der Waals surface area (Å²) >= 11 is 0. The first-order chi connectivity index (χ1) is 5.92. The van der Waals surface area contributed by atoms with Gasteiger partial charge < -0.3 is 10.2 Å². The van der Waals surface area contributed by atoms with Gasteiger partial charge in [-0.3, -0.25) is 5.32 Å². The van der Waals surface area contributed by atoms with Gasteiger partial charge in [0, 0.05) is 0 Å². The highest BCUT2D eigenvalue weighted by Crippen LogP contribution is 2.41. The van der Waals surface area contributed by atoms with E-state index in [2.05, 4.69) is 0 Å². The van der Waals surface area contributed by atoms with Gasteiger partial charge in [-0.25, -0.2) is 4.79 Å². The van der Waals surface area contributed by atoms with Gasteiger partial charge in [-0.05, 0) is 0 Å². The van der Waals surface area contributed by atoms with Crippen LogP contribution in [0.15, 0.2) is 0 Å². The summed E-state index contributed by atoms with van der Waals surface area (Å²) in [6.07, 6.45) is -14.9. The van der Waals surface area contributed by atoms with Crippen LogP contribution in [0.25, 0.3) is 0 Å². The molecule has 0 aliphatic carbocycles. The Hall–Kier alpha value is -1.19. The first-order valence-electron chi connectivity index (χ1n) is 2.79. The fourth-order valence-electron chi connectivity index (χ4n) is 0.464. The summed E-state index contributed by atoms with van der Waals surface area (Å²) in [5, 5.41) is 15.1. The lowest BCUT2D eigenvalue weighted by molar-refractivity contribution is -0.375. The zero-order valence-electron chi connectivity index (χ0n) is 6.07. The topological polar surface area (TPSA) is 69.6 Å². The molecule has 0 bridgehead atoms. The zero-order valence-corrected chi connectivity index (χ0v) is 6.07. The summed E-state index contributed by atoms with van der Waals surface area (Å²) in [5.74, 6) is -5.73. The van der Waals surface area contributed by atoms with Crippen molar-refractivity contribution in [2.24, 2.45) is 0 Å². The number of halogens is 6. The maximum atomic E-state index is 12.4. The molecule has 3 N–H and O–H groups in total. The van der Waals surface area contributed by atoms with Crippen molar-refractivity contribution in [3.63, 3.8) is 0 Å². The van der Waals surface area contributed by atoms with Crippen molar-refractivity contribution >= 4 is 6.09 Å².